The van der Waals surface area contributed by atoms with Crippen molar-refractivity contribution < 1.29 is 14.7 Å². The highest BCUT2D eigenvalue weighted by Crippen LogP contribution is 2.41. The first kappa shape index (κ1) is 13.9. The van der Waals surface area contributed by atoms with Gasteiger partial charge in [-0.15, -0.1) is 11.8 Å². The molecule has 0 bridgehead atoms. The number of aromatic nitrogens is 1. The summed E-state index contributed by atoms with van der Waals surface area (Å²) in [7, 11) is 0. The van der Waals surface area contributed by atoms with Gasteiger partial charge in [-0.3, -0.25) is 9.59 Å². The van der Waals surface area contributed by atoms with Gasteiger partial charge in [-0.25, -0.2) is 0 Å². The van der Waals surface area contributed by atoms with Gasteiger partial charge in [0.1, 0.15) is 0 Å². The van der Waals surface area contributed by atoms with E-state index in [4.69, 9.17) is 0 Å². The van der Waals surface area contributed by atoms with Crippen molar-refractivity contribution in [2.45, 2.75) is 23.4 Å². The maximum absolute atomic E-state index is 12.9. The molecule has 0 saturated carbocycles. The number of benzene rings is 1. The van der Waals surface area contributed by atoms with Crippen LogP contribution in [-0.4, -0.2) is 27.7 Å². The second-order valence-electron chi connectivity index (χ2n) is 5.07. The molecule has 108 valence electrons. The van der Waals surface area contributed by atoms with Gasteiger partial charge < -0.3 is 9.67 Å². The molecule has 2 aromatic rings. The molecule has 0 fully saturated rings. The number of rotatable bonds is 4. The van der Waals surface area contributed by atoms with E-state index in [9.17, 15) is 14.7 Å². The van der Waals surface area contributed by atoms with Gasteiger partial charge in [0, 0.05) is 17.8 Å². The van der Waals surface area contributed by atoms with E-state index in [1.165, 1.54) is 0 Å². The summed E-state index contributed by atoms with van der Waals surface area (Å²) in [5.41, 5.74) is -0.427. The number of carbonyl (C=O) groups excluding carboxylic acids is 1. The second kappa shape index (κ2) is 5.07. The smallest absolute Gasteiger partial charge is 0.323 e. The molecule has 1 aromatic heterocycles. The highest BCUT2D eigenvalue weighted by atomic mass is 32.2. The Hall–Kier alpha value is -2.01. The van der Waals surface area contributed by atoms with Gasteiger partial charge >= 0.3 is 5.97 Å². The van der Waals surface area contributed by atoms with Crippen LogP contribution in [0.2, 0.25) is 0 Å². The number of carbonyl (C=O) groups is 2. The van der Waals surface area contributed by atoms with Gasteiger partial charge in [0.15, 0.2) is 11.2 Å². The van der Waals surface area contributed by atoms with Crippen LogP contribution in [0.3, 0.4) is 0 Å². The van der Waals surface area contributed by atoms with E-state index in [1.807, 2.05) is 23.0 Å². The summed E-state index contributed by atoms with van der Waals surface area (Å²) in [5.74, 6) is -1.40. The summed E-state index contributed by atoms with van der Waals surface area (Å²) >= 11 is 1.56. The van der Waals surface area contributed by atoms with Crippen LogP contribution < -0.4 is 0 Å². The van der Waals surface area contributed by atoms with E-state index in [-0.39, 0.29) is 5.78 Å². The van der Waals surface area contributed by atoms with Crippen molar-refractivity contribution in [2.75, 3.05) is 6.26 Å². The van der Waals surface area contributed by atoms with Crippen molar-refractivity contribution in [3.05, 3.63) is 53.7 Å². The van der Waals surface area contributed by atoms with Crippen molar-refractivity contribution in [1.82, 2.24) is 4.57 Å². The highest BCUT2D eigenvalue weighted by molar-refractivity contribution is 7.98. The van der Waals surface area contributed by atoms with Crippen LogP contribution in [0.1, 0.15) is 22.5 Å². The number of thioether (sulfide) groups is 1. The molecule has 1 atom stereocenters. The molecule has 5 heteroatoms. The SMILES string of the molecule is CSc1ccc2n1CCC2(C(=O)O)C(=O)c1ccccc1. The molecule has 1 unspecified atom stereocenters. The van der Waals surface area contributed by atoms with Gasteiger partial charge in [0.25, 0.3) is 0 Å². The van der Waals surface area contributed by atoms with E-state index in [0.717, 1.165) is 5.03 Å². The van der Waals surface area contributed by atoms with E-state index < -0.39 is 11.4 Å². The molecule has 0 amide bonds. The van der Waals surface area contributed by atoms with Gasteiger partial charge in [0.05, 0.1) is 5.03 Å². The number of hydrogen-bond acceptors (Lipinski definition) is 3. The summed E-state index contributed by atoms with van der Waals surface area (Å²) in [6, 6.07) is 12.3. The van der Waals surface area contributed by atoms with E-state index >= 15 is 0 Å². The van der Waals surface area contributed by atoms with Gasteiger partial charge in [0.2, 0.25) is 0 Å². The lowest BCUT2D eigenvalue weighted by molar-refractivity contribution is -0.141. The first-order valence-electron chi connectivity index (χ1n) is 6.68. The van der Waals surface area contributed by atoms with Crippen LogP contribution in [0.4, 0.5) is 0 Å². The third-order valence-corrected chi connectivity index (χ3v) is 4.86. The van der Waals surface area contributed by atoms with Gasteiger partial charge in [-0.1, -0.05) is 30.3 Å². The molecule has 1 N–H and O–H groups in total. The number of hydrogen-bond donors (Lipinski definition) is 1. The number of aliphatic carboxylic acids is 1. The maximum atomic E-state index is 12.9. The Balaban J connectivity index is 2.15. The summed E-state index contributed by atoms with van der Waals surface area (Å²) in [5, 5.41) is 10.8. The minimum atomic E-state index is -1.46. The Morgan fingerprint density at radius 1 is 1.19 bits per heavy atom. The van der Waals surface area contributed by atoms with E-state index in [2.05, 4.69) is 0 Å². The number of Topliss-reactive ketones (excluding diaryl/α,β-unsaturated/α-hetero) is 1. The zero-order valence-electron chi connectivity index (χ0n) is 11.6. The third-order valence-electron chi connectivity index (χ3n) is 4.09. The topological polar surface area (TPSA) is 59.3 Å². The molecule has 1 aliphatic heterocycles. The molecular weight excluding hydrogens is 286 g/mol. The predicted octanol–water partition coefficient (Wildman–Crippen LogP) is 2.82. The number of fused-ring (bicyclic) bond motifs is 1. The molecule has 3 rings (SSSR count). The third kappa shape index (κ3) is 1.92. The maximum Gasteiger partial charge on any atom is 0.323 e. The number of nitrogens with zero attached hydrogens (tertiary/aromatic N) is 1. The quantitative estimate of drug-likeness (QED) is 0.536. The van der Waals surface area contributed by atoms with Gasteiger partial charge in [-0.05, 0) is 24.8 Å². The lowest BCUT2D eigenvalue weighted by Crippen LogP contribution is -2.42. The number of carboxylic acid groups (broad SMARTS) is 1. The Kier molecular flexibility index (Phi) is 3.37. The Morgan fingerprint density at radius 2 is 1.90 bits per heavy atom. The van der Waals surface area contributed by atoms with E-state index in [1.54, 1.807) is 42.1 Å². The zero-order chi connectivity index (χ0) is 15.0. The molecule has 0 aliphatic carbocycles. The summed E-state index contributed by atoms with van der Waals surface area (Å²) in [4.78, 5) is 24.8. The number of carboxylic acids is 1. The van der Waals surface area contributed by atoms with Crippen LogP contribution in [0.5, 0.6) is 0 Å². The molecular formula is C16H15NO3S. The Bertz CT molecular complexity index is 708. The first-order chi connectivity index (χ1) is 10.1. The molecule has 0 saturated heterocycles. The fourth-order valence-electron chi connectivity index (χ4n) is 3.02. The summed E-state index contributed by atoms with van der Waals surface area (Å²) in [6.45, 7) is 0.559. The average Bonchev–Trinajstić information content (AvgIpc) is 3.07. The lowest BCUT2D eigenvalue weighted by atomic mass is 9.76. The van der Waals surface area contributed by atoms with Crippen LogP contribution in [0, 0.1) is 0 Å². The number of ketones is 1. The molecule has 2 heterocycles. The fraction of sp³-hybridized carbons (Fsp3) is 0.250. The van der Waals surface area contributed by atoms with Gasteiger partial charge in [-0.2, -0.15) is 0 Å². The molecule has 1 aromatic carbocycles. The average molecular weight is 301 g/mol. The normalized spacial score (nSPS) is 20.2. The molecule has 0 spiro atoms. The second-order valence-corrected chi connectivity index (χ2v) is 5.89. The van der Waals surface area contributed by atoms with Crippen molar-refractivity contribution >= 4 is 23.5 Å². The summed E-state index contributed by atoms with van der Waals surface area (Å²) < 4.78 is 1.94. The monoisotopic (exact) mass is 301 g/mol. The highest BCUT2D eigenvalue weighted by Gasteiger charge is 2.53. The lowest BCUT2D eigenvalue weighted by Gasteiger charge is -2.22. The Morgan fingerprint density at radius 3 is 2.52 bits per heavy atom. The fourth-order valence-corrected chi connectivity index (χ4v) is 3.63. The summed E-state index contributed by atoms with van der Waals surface area (Å²) in [6.07, 6.45) is 2.25. The minimum absolute atomic E-state index is 0.305. The van der Waals surface area contributed by atoms with Crippen LogP contribution in [-0.2, 0) is 16.8 Å². The predicted molar refractivity (Wildman–Crippen MR) is 80.9 cm³/mol. The van der Waals surface area contributed by atoms with Crippen molar-refractivity contribution in [3.63, 3.8) is 0 Å². The zero-order valence-corrected chi connectivity index (χ0v) is 12.4. The molecule has 1 aliphatic rings. The molecule has 21 heavy (non-hydrogen) atoms. The largest absolute Gasteiger partial charge is 0.480 e. The van der Waals surface area contributed by atoms with E-state index in [0.29, 0.717) is 24.2 Å². The molecule has 4 nitrogen and oxygen atoms in total. The Labute approximate surface area is 126 Å². The van der Waals surface area contributed by atoms with Crippen molar-refractivity contribution in [2.24, 2.45) is 0 Å². The van der Waals surface area contributed by atoms with Crippen LogP contribution in [0.15, 0.2) is 47.5 Å². The minimum Gasteiger partial charge on any atom is -0.480 e. The molecule has 0 radical (unpaired) electrons. The van der Waals surface area contributed by atoms with Crippen LogP contribution >= 0.6 is 11.8 Å². The van der Waals surface area contributed by atoms with Crippen LogP contribution in [0.25, 0.3) is 0 Å². The standard InChI is InChI=1S/C16H15NO3S/c1-21-13-8-7-12-16(15(19)20,9-10-17(12)13)14(18)11-5-3-2-4-6-11/h2-8H,9-10H2,1H3,(H,19,20). The first-order valence-corrected chi connectivity index (χ1v) is 7.91. The van der Waals surface area contributed by atoms with Crippen molar-refractivity contribution in [3.8, 4) is 0 Å². The van der Waals surface area contributed by atoms with Crippen molar-refractivity contribution in [1.29, 1.82) is 0 Å².